The molecule has 5 nitrogen and oxygen atoms in total. The number of nitrogens with zero attached hydrogens (tertiary/aromatic N) is 4. The molecule has 2 aromatic rings. The van der Waals surface area contributed by atoms with Crippen LogP contribution in [0.1, 0.15) is 30.8 Å². The van der Waals surface area contributed by atoms with Crippen molar-refractivity contribution in [2.45, 2.75) is 26.0 Å². The number of aliphatic hydroxyl groups is 1. The van der Waals surface area contributed by atoms with E-state index in [1.54, 1.807) is 16.9 Å². The summed E-state index contributed by atoms with van der Waals surface area (Å²) >= 11 is 6.04. The van der Waals surface area contributed by atoms with Gasteiger partial charge in [0, 0.05) is 12.7 Å². The summed E-state index contributed by atoms with van der Waals surface area (Å²) in [6, 6.07) is 1.66. The lowest BCUT2D eigenvalue weighted by molar-refractivity contribution is 0.202. The van der Waals surface area contributed by atoms with E-state index < -0.39 is 6.10 Å². The largest absolute Gasteiger partial charge is 0.380 e. The highest BCUT2D eigenvalue weighted by molar-refractivity contribution is 6.31. The number of aromatic nitrogens is 4. The minimum atomic E-state index is -0.875. The van der Waals surface area contributed by atoms with Crippen molar-refractivity contribution in [3.63, 3.8) is 0 Å². The Morgan fingerprint density at radius 3 is 3.00 bits per heavy atom. The molecule has 6 heteroatoms. The zero-order chi connectivity index (χ0) is 12.3. The highest BCUT2D eigenvalue weighted by Gasteiger charge is 2.20. The number of rotatable bonds is 4. The van der Waals surface area contributed by atoms with Crippen LogP contribution in [0.2, 0.25) is 5.02 Å². The smallest absolute Gasteiger partial charge is 0.139 e. The first-order valence-electron chi connectivity index (χ1n) is 5.39. The Bertz CT molecular complexity index is 485. The molecule has 0 aliphatic heterocycles. The van der Waals surface area contributed by atoms with Gasteiger partial charge in [-0.05, 0) is 12.5 Å². The molecule has 0 radical (unpaired) electrons. The second-order valence-electron chi connectivity index (χ2n) is 3.64. The molecule has 0 fully saturated rings. The van der Waals surface area contributed by atoms with E-state index in [1.165, 1.54) is 12.5 Å². The topological polar surface area (TPSA) is 63.8 Å². The van der Waals surface area contributed by atoms with E-state index in [9.17, 15) is 5.11 Å². The van der Waals surface area contributed by atoms with Gasteiger partial charge in [-0.3, -0.25) is 4.68 Å². The third-order valence-corrected chi connectivity index (χ3v) is 2.70. The number of hydrogen-bond acceptors (Lipinski definition) is 4. The van der Waals surface area contributed by atoms with Crippen LogP contribution >= 0.6 is 11.6 Å². The molecule has 0 spiro atoms. The Kier molecular flexibility index (Phi) is 3.71. The number of halogens is 1. The van der Waals surface area contributed by atoms with E-state index in [2.05, 4.69) is 15.1 Å². The fourth-order valence-electron chi connectivity index (χ4n) is 1.64. The first-order chi connectivity index (χ1) is 8.24. The monoisotopic (exact) mass is 252 g/mol. The molecular formula is C11H13ClN4O. The van der Waals surface area contributed by atoms with Gasteiger partial charge >= 0.3 is 0 Å². The van der Waals surface area contributed by atoms with Crippen LogP contribution in [0.15, 0.2) is 24.8 Å². The van der Waals surface area contributed by atoms with Crippen LogP contribution < -0.4 is 0 Å². The minimum absolute atomic E-state index is 0.449. The van der Waals surface area contributed by atoms with E-state index in [4.69, 9.17) is 11.6 Å². The average Bonchev–Trinajstić information content (AvgIpc) is 2.71. The zero-order valence-corrected chi connectivity index (χ0v) is 10.2. The quantitative estimate of drug-likeness (QED) is 0.902. The molecule has 2 heterocycles. The summed E-state index contributed by atoms with van der Waals surface area (Å²) < 4.78 is 1.70. The van der Waals surface area contributed by atoms with E-state index >= 15 is 0 Å². The Labute approximate surface area is 104 Å². The van der Waals surface area contributed by atoms with Gasteiger partial charge in [0.05, 0.1) is 22.6 Å². The first kappa shape index (κ1) is 12.0. The molecule has 1 unspecified atom stereocenters. The van der Waals surface area contributed by atoms with E-state index in [1.807, 2.05) is 6.92 Å². The van der Waals surface area contributed by atoms with E-state index in [0.29, 0.717) is 23.0 Å². The molecule has 1 atom stereocenters. The molecule has 0 saturated carbocycles. The lowest BCUT2D eigenvalue weighted by Gasteiger charge is -2.12. The van der Waals surface area contributed by atoms with Crippen LogP contribution in [-0.2, 0) is 6.54 Å². The maximum atomic E-state index is 10.2. The fourth-order valence-corrected chi connectivity index (χ4v) is 1.88. The molecule has 17 heavy (non-hydrogen) atoms. The van der Waals surface area contributed by atoms with Crippen molar-refractivity contribution in [2.75, 3.05) is 0 Å². The predicted molar refractivity (Wildman–Crippen MR) is 63.6 cm³/mol. The maximum absolute atomic E-state index is 10.2. The molecule has 0 aliphatic carbocycles. The van der Waals surface area contributed by atoms with Gasteiger partial charge in [0.15, 0.2) is 0 Å². The zero-order valence-electron chi connectivity index (χ0n) is 9.41. The first-order valence-corrected chi connectivity index (χ1v) is 5.77. The van der Waals surface area contributed by atoms with Crippen molar-refractivity contribution < 1.29 is 5.11 Å². The molecule has 0 aliphatic rings. The summed E-state index contributed by atoms with van der Waals surface area (Å²) in [5.74, 6) is 0. The van der Waals surface area contributed by atoms with Crippen molar-refractivity contribution in [1.29, 1.82) is 0 Å². The average molecular weight is 253 g/mol. The second-order valence-corrected chi connectivity index (χ2v) is 4.04. The normalized spacial score (nSPS) is 12.6. The van der Waals surface area contributed by atoms with Crippen molar-refractivity contribution in [1.82, 2.24) is 19.7 Å². The summed E-state index contributed by atoms with van der Waals surface area (Å²) in [6.07, 6.45) is 4.56. The van der Waals surface area contributed by atoms with Gasteiger partial charge in [0.2, 0.25) is 0 Å². The molecule has 0 aromatic carbocycles. The highest BCUT2D eigenvalue weighted by Crippen LogP contribution is 2.26. The lowest BCUT2D eigenvalue weighted by Crippen LogP contribution is -2.11. The van der Waals surface area contributed by atoms with Crippen LogP contribution in [0.3, 0.4) is 0 Å². The Balaban J connectivity index is 2.36. The standard InChI is InChI=1S/C11H13ClN4O/c1-2-5-16-10(8(12)6-15-16)11(17)9-3-4-13-7-14-9/h3-4,6-7,11,17H,2,5H2,1H3. The van der Waals surface area contributed by atoms with Crippen molar-refractivity contribution in [2.24, 2.45) is 0 Å². The summed E-state index contributed by atoms with van der Waals surface area (Å²) in [5, 5.41) is 14.8. The van der Waals surface area contributed by atoms with Gasteiger partial charge in [-0.15, -0.1) is 0 Å². The molecule has 2 rings (SSSR count). The van der Waals surface area contributed by atoms with Crippen LogP contribution in [0.4, 0.5) is 0 Å². The summed E-state index contributed by atoms with van der Waals surface area (Å²) in [4.78, 5) is 7.83. The van der Waals surface area contributed by atoms with Gasteiger partial charge < -0.3 is 5.11 Å². The van der Waals surface area contributed by atoms with E-state index in [0.717, 1.165) is 6.42 Å². The van der Waals surface area contributed by atoms with Gasteiger partial charge in [-0.25, -0.2) is 9.97 Å². The third kappa shape index (κ3) is 2.45. The minimum Gasteiger partial charge on any atom is -0.380 e. The van der Waals surface area contributed by atoms with Gasteiger partial charge in [-0.1, -0.05) is 18.5 Å². The van der Waals surface area contributed by atoms with Gasteiger partial charge in [0.25, 0.3) is 0 Å². The number of aliphatic hydroxyl groups excluding tert-OH is 1. The predicted octanol–water partition coefficient (Wildman–Crippen LogP) is 1.82. The SMILES string of the molecule is CCCn1ncc(Cl)c1C(O)c1ccncn1. The molecule has 0 amide bonds. The Hall–Kier alpha value is -1.46. The Morgan fingerprint density at radius 2 is 2.35 bits per heavy atom. The highest BCUT2D eigenvalue weighted by atomic mass is 35.5. The molecule has 0 bridgehead atoms. The van der Waals surface area contributed by atoms with Crippen molar-refractivity contribution in [3.05, 3.63) is 41.2 Å². The van der Waals surface area contributed by atoms with Crippen LogP contribution in [0.5, 0.6) is 0 Å². The molecule has 0 saturated heterocycles. The third-order valence-electron chi connectivity index (χ3n) is 2.41. The molecule has 90 valence electrons. The maximum Gasteiger partial charge on any atom is 0.139 e. The summed E-state index contributed by atoms with van der Waals surface area (Å²) in [7, 11) is 0. The summed E-state index contributed by atoms with van der Waals surface area (Å²) in [5.41, 5.74) is 1.09. The fraction of sp³-hybridized carbons (Fsp3) is 0.364. The van der Waals surface area contributed by atoms with Crippen molar-refractivity contribution in [3.8, 4) is 0 Å². The number of aryl methyl sites for hydroxylation is 1. The van der Waals surface area contributed by atoms with Crippen LogP contribution in [-0.4, -0.2) is 24.9 Å². The van der Waals surface area contributed by atoms with Gasteiger partial charge in [-0.2, -0.15) is 5.10 Å². The molecule has 2 aromatic heterocycles. The molecule has 1 N–H and O–H groups in total. The van der Waals surface area contributed by atoms with Crippen molar-refractivity contribution >= 4 is 11.6 Å². The van der Waals surface area contributed by atoms with E-state index in [-0.39, 0.29) is 0 Å². The van der Waals surface area contributed by atoms with Gasteiger partial charge in [0.1, 0.15) is 12.4 Å². The lowest BCUT2D eigenvalue weighted by atomic mass is 10.2. The summed E-state index contributed by atoms with van der Waals surface area (Å²) in [6.45, 7) is 2.75. The number of hydrogen-bond donors (Lipinski definition) is 1. The second kappa shape index (κ2) is 5.25. The van der Waals surface area contributed by atoms with Crippen LogP contribution in [0.25, 0.3) is 0 Å². The van der Waals surface area contributed by atoms with Crippen LogP contribution in [0, 0.1) is 0 Å². The molecular weight excluding hydrogens is 240 g/mol. The Morgan fingerprint density at radius 1 is 1.53 bits per heavy atom.